The molecule has 110 valence electrons. The molecule has 1 aliphatic rings. The zero-order valence-corrected chi connectivity index (χ0v) is 12.6. The highest BCUT2D eigenvalue weighted by Gasteiger charge is 2.32. The second kappa shape index (κ2) is 5.48. The van der Waals surface area contributed by atoms with Crippen LogP contribution in [0.1, 0.15) is 28.1 Å². The highest BCUT2D eigenvalue weighted by Crippen LogP contribution is 2.39. The first kappa shape index (κ1) is 14.1. The van der Waals surface area contributed by atoms with Crippen LogP contribution in [0.2, 0.25) is 0 Å². The zero-order valence-electron chi connectivity index (χ0n) is 11.8. The minimum atomic E-state index is -0.237. The zero-order chi connectivity index (χ0) is 15.0. The van der Waals surface area contributed by atoms with Crippen molar-refractivity contribution < 1.29 is 9.18 Å². The highest BCUT2D eigenvalue weighted by molar-refractivity contribution is 7.18. The number of carbonyl (C=O) groups is 1. The van der Waals surface area contributed by atoms with Gasteiger partial charge in [0, 0.05) is 19.5 Å². The fraction of sp³-hybridized carbons (Fsp3) is 0.312. The van der Waals surface area contributed by atoms with E-state index in [0.29, 0.717) is 17.1 Å². The second-order valence-corrected chi connectivity index (χ2v) is 6.52. The molecule has 3 rings (SSSR count). The Kier molecular flexibility index (Phi) is 3.68. The van der Waals surface area contributed by atoms with E-state index in [1.165, 1.54) is 23.5 Å². The number of Topliss-reactive ketones (excluding diaryl/α,β-unsaturated/α-hetero) is 1. The molecule has 1 aromatic carbocycles. The lowest BCUT2D eigenvalue weighted by atomic mass is 10.2. The number of nitrogens with two attached hydrogens (primary N) is 1. The molecule has 0 amide bonds. The Morgan fingerprint density at radius 2 is 2.05 bits per heavy atom. The van der Waals surface area contributed by atoms with E-state index in [2.05, 4.69) is 0 Å². The van der Waals surface area contributed by atoms with Crippen LogP contribution in [-0.4, -0.2) is 12.8 Å². The quantitative estimate of drug-likeness (QED) is 0.857. The van der Waals surface area contributed by atoms with Gasteiger partial charge >= 0.3 is 0 Å². The molecule has 0 radical (unpaired) electrons. The van der Waals surface area contributed by atoms with Gasteiger partial charge in [-0.05, 0) is 36.6 Å². The number of hydrogen-bond donors (Lipinski definition) is 1. The number of hydrogen-bond acceptors (Lipinski definition) is 4. The predicted molar refractivity (Wildman–Crippen MR) is 84.3 cm³/mol. The van der Waals surface area contributed by atoms with E-state index in [9.17, 15) is 9.18 Å². The third-order valence-corrected chi connectivity index (χ3v) is 4.91. The maximum atomic E-state index is 12.9. The summed E-state index contributed by atoms with van der Waals surface area (Å²) in [5.74, 6) is 0.124. The van der Waals surface area contributed by atoms with Gasteiger partial charge in [-0.1, -0.05) is 12.1 Å². The standard InChI is InChI=1S/C16H17FN2OS/c1-19(9-10-2-6-12(17)7-3-10)14-8-13(18)16(21-14)15(20)11-4-5-11/h2-3,6-8,11H,4-5,9,18H2,1H3. The Labute approximate surface area is 127 Å². The summed E-state index contributed by atoms with van der Waals surface area (Å²) in [5, 5.41) is 0.959. The average molecular weight is 304 g/mol. The molecule has 1 heterocycles. The molecule has 1 aliphatic carbocycles. The molecule has 21 heavy (non-hydrogen) atoms. The molecular formula is C16H17FN2OS. The van der Waals surface area contributed by atoms with Crippen LogP contribution in [0.5, 0.6) is 0 Å². The van der Waals surface area contributed by atoms with E-state index < -0.39 is 0 Å². The third-order valence-electron chi connectivity index (χ3n) is 3.63. The van der Waals surface area contributed by atoms with Crippen LogP contribution >= 0.6 is 11.3 Å². The van der Waals surface area contributed by atoms with Gasteiger partial charge in [0.15, 0.2) is 5.78 Å². The smallest absolute Gasteiger partial charge is 0.178 e. The summed E-state index contributed by atoms with van der Waals surface area (Å²) < 4.78 is 12.9. The molecule has 5 heteroatoms. The Bertz CT molecular complexity index is 661. The van der Waals surface area contributed by atoms with Crippen molar-refractivity contribution in [3.63, 3.8) is 0 Å². The maximum Gasteiger partial charge on any atom is 0.178 e. The van der Waals surface area contributed by atoms with E-state index in [0.717, 1.165) is 23.4 Å². The van der Waals surface area contributed by atoms with Crippen LogP contribution < -0.4 is 10.6 Å². The molecule has 0 unspecified atom stereocenters. The lowest BCUT2D eigenvalue weighted by Crippen LogP contribution is -2.14. The van der Waals surface area contributed by atoms with Crippen LogP contribution in [0.15, 0.2) is 30.3 Å². The minimum Gasteiger partial charge on any atom is -0.397 e. The monoisotopic (exact) mass is 304 g/mol. The van der Waals surface area contributed by atoms with Gasteiger partial charge in [-0.25, -0.2) is 4.39 Å². The van der Waals surface area contributed by atoms with E-state index >= 15 is 0 Å². The number of benzene rings is 1. The number of anilines is 2. The van der Waals surface area contributed by atoms with E-state index in [-0.39, 0.29) is 17.5 Å². The summed E-state index contributed by atoms with van der Waals surface area (Å²) >= 11 is 1.44. The average Bonchev–Trinajstić information content (AvgIpc) is 3.23. The summed E-state index contributed by atoms with van der Waals surface area (Å²) in [6.07, 6.45) is 1.97. The van der Waals surface area contributed by atoms with E-state index in [1.807, 2.05) is 18.0 Å². The number of nitrogen functional groups attached to an aromatic ring is 1. The molecule has 1 saturated carbocycles. The van der Waals surface area contributed by atoms with Gasteiger partial charge in [-0.3, -0.25) is 4.79 Å². The Hall–Kier alpha value is -1.88. The van der Waals surface area contributed by atoms with Crippen LogP contribution in [0.25, 0.3) is 0 Å². The number of carbonyl (C=O) groups excluding carboxylic acids is 1. The van der Waals surface area contributed by atoms with Crippen LogP contribution in [0, 0.1) is 11.7 Å². The van der Waals surface area contributed by atoms with Crippen molar-refractivity contribution >= 4 is 27.8 Å². The summed E-state index contributed by atoms with van der Waals surface area (Å²) in [4.78, 5) is 14.8. The number of rotatable bonds is 5. The number of nitrogens with zero attached hydrogens (tertiary/aromatic N) is 1. The number of ketones is 1. The molecule has 0 saturated heterocycles. The van der Waals surface area contributed by atoms with Crippen molar-refractivity contribution in [2.24, 2.45) is 5.92 Å². The van der Waals surface area contributed by atoms with Crippen molar-refractivity contribution in [1.29, 1.82) is 0 Å². The third kappa shape index (κ3) is 3.08. The number of thiophene rings is 1. The molecule has 0 spiro atoms. The summed E-state index contributed by atoms with van der Waals surface area (Å²) in [7, 11) is 1.94. The summed E-state index contributed by atoms with van der Waals surface area (Å²) in [6.45, 7) is 0.650. The van der Waals surface area contributed by atoms with Gasteiger partial charge in [-0.15, -0.1) is 11.3 Å². The van der Waals surface area contributed by atoms with Gasteiger partial charge in [0.25, 0.3) is 0 Å². The molecule has 1 fully saturated rings. The van der Waals surface area contributed by atoms with Crippen molar-refractivity contribution in [3.05, 3.63) is 46.6 Å². The Morgan fingerprint density at radius 1 is 1.38 bits per heavy atom. The minimum absolute atomic E-state index is 0.180. The molecule has 2 aromatic rings. The van der Waals surface area contributed by atoms with E-state index in [4.69, 9.17) is 5.73 Å². The first-order valence-electron chi connectivity index (χ1n) is 6.93. The van der Waals surface area contributed by atoms with Gasteiger partial charge in [0.05, 0.1) is 15.6 Å². The second-order valence-electron chi connectivity index (χ2n) is 5.49. The first-order valence-corrected chi connectivity index (χ1v) is 7.75. The highest BCUT2D eigenvalue weighted by atomic mass is 32.1. The largest absolute Gasteiger partial charge is 0.397 e. The van der Waals surface area contributed by atoms with Gasteiger partial charge in [0.1, 0.15) is 5.82 Å². The van der Waals surface area contributed by atoms with Crippen molar-refractivity contribution in [2.75, 3.05) is 17.7 Å². The van der Waals surface area contributed by atoms with Crippen molar-refractivity contribution in [1.82, 2.24) is 0 Å². The SMILES string of the molecule is CN(Cc1ccc(F)cc1)c1cc(N)c(C(=O)C2CC2)s1. The van der Waals surface area contributed by atoms with Gasteiger partial charge in [-0.2, -0.15) is 0 Å². The topological polar surface area (TPSA) is 46.3 Å². The van der Waals surface area contributed by atoms with Gasteiger partial charge in [0.2, 0.25) is 0 Å². The summed E-state index contributed by atoms with van der Waals surface area (Å²) in [5.41, 5.74) is 7.55. The Morgan fingerprint density at radius 3 is 2.67 bits per heavy atom. The molecule has 2 N–H and O–H groups in total. The molecular weight excluding hydrogens is 287 g/mol. The molecule has 1 aromatic heterocycles. The lowest BCUT2D eigenvalue weighted by Gasteiger charge is -2.16. The van der Waals surface area contributed by atoms with Crippen LogP contribution in [-0.2, 0) is 6.54 Å². The fourth-order valence-corrected chi connectivity index (χ4v) is 3.30. The normalized spacial score (nSPS) is 14.2. The fourth-order valence-electron chi connectivity index (χ4n) is 2.24. The maximum absolute atomic E-state index is 12.9. The summed E-state index contributed by atoms with van der Waals surface area (Å²) in [6, 6.07) is 8.28. The molecule has 0 atom stereocenters. The van der Waals surface area contributed by atoms with Crippen molar-refractivity contribution in [2.45, 2.75) is 19.4 Å². The van der Waals surface area contributed by atoms with Gasteiger partial charge < -0.3 is 10.6 Å². The predicted octanol–water partition coefficient (Wildman–Crippen LogP) is 3.70. The molecule has 0 bridgehead atoms. The van der Waals surface area contributed by atoms with Crippen LogP contribution in [0.4, 0.5) is 15.1 Å². The molecule has 3 nitrogen and oxygen atoms in total. The van der Waals surface area contributed by atoms with Crippen molar-refractivity contribution in [3.8, 4) is 0 Å². The lowest BCUT2D eigenvalue weighted by molar-refractivity contribution is 0.0972. The number of halogens is 1. The molecule has 0 aliphatic heterocycles. The first-order chi connectivity index (χ1) is 10.0. The van der Waals surface area contributed by atoms with E-state index in [1.54, 1.807) is 12.1 Å². The Balaban J connectivity index is 1.75. The van der Waals surface area contributed by atoms with Crippen LogP contribution in [0.3, 0.4) is 0 Å².